The third-order valence-corrected chi connectivity index (χ3v) is 7.31. The molecule has 0 aromatic heterocycles. The maximum absolute atomic E-state index is 6.30. The highest BCUT2D eigenvalue weighted by atomic mass is 35.5. The molecule has 1 saturated carbocycles. The average Bonchev–Trinajstić information content (AvgIpc) is 2.35. The van der Waals surface area contributed by atoms with Crippen molar-refractivity contribution in [2.24, 2.45) is 5.41 Å². The Morgan fingerprint density at radius 2 is 1.64 bits per heavy atom. The Labute approximate surface area is 112 Å². The second-order valence-electron chi connectivity index (χ2n) is 4.01. The van der Waals surface area contributed by atoms with Gasteiger partial charge in [-0.15, -0.1) is 23.2 Å². The van der Waals surface area contributed by atoms with Crippen molar-refractivity contribution in [2.45, 2.75) is 27.9 Å². The predicted molar refractivity (Wildman–Crippen MR) is 64.1 cm³/mol. The lowest BCUT2D eigenvalue weighted by atomic mass is 9.89. The summed E-state index contributed by atoms with van der Waals surface area (Å²) < 4.78 is -1.28. The minimum Gasteiger partial charge on any atom is -0.119 e. The monoisotopic (exact) mass is 312 g/mol. The second kappa shape index (κ2) is 3.03. The van der Waals surface area contributed by atoms with Crippen LogP contribution in [-0.2, 0) is 0 Å². The highest BCUT2D eigenvalue weighted by Crippen LogP contribution is 2.72. The summed E-state index contributed by atoms with van der Waals surface area (Å²) in [7, 11) is 0. The molecule has 14 heavy (non-hydrogen) atoms. The van der Waals surface area contributed by atoms with E-state index < -0.39 is 20.0 Å². The molecule has 80 valence electrons. The van der Waals surface area contributed by atoms with Crippen LogP contribution < -0.4 is 0 Å². The molecule has 0 saturated heterocycles. The van der Waals surface area contributed by atoms with Crippen molar-refractivity contribution in [3.8, 4) is 0 Å². The SMILES string of the molecule is CC12CC(Cl)(C(Cl)=C1Cl)C(Cl)(Cl)C2Cl. The third kappa shape index (κ3) is 1.06. The molecule has 3 unspecified atom stereocenters. The molecule has 2 bridgehead atoms. The van der Waals surface area contributed by atoms with Gasteiger partial charge in [-0.05, 0) is 6.42 Å². The van der Waals surface area contributed by atoms with Crippen LogP contribution in [0.2, 0.25) is 0 Å². The lowest BCUT2D eigenvalue weighted by molar-refractivity contribution is 0.449. The molecule has 0 aliphatic heterocycles. The quantitative estimate of drug-likeness (QED) is 0.560. The zero-order valence-corrected chi connectivity index (χ0v) is 11.6. The summed E-state index contributed by atoms with van der Waals surface area (Å²) in [4.78, 5) is -1.05. The first kappa shape index (κ1) is 12.0. The van der Waals surface area contributed by atoms with Gasteiger partial charge in [0.2, 0.25) is 0 Å². The van der Waals surface area contributed by atoms with Gasteiger partial charge in [0.15, 0.2) is 4.33 Å². The Morgan fingerprint density at radius 3 is 2.00 bits per heavy atom. The Bertz CT molecular complexity index is 335. The Balaban J connectivity index is 2.66. The van der Waals surface area contributed by atoms with Crippen molar-refractivity contribution in [1.82, 2.24) is 0 Å². The highest BCUT2D eigenvalue weighted by molar-refractivity contribution is 6.61. The van der Waals surface area contributed by atoms with Gasteiger partial charge in [-0.1, -0.05) is 53.3 Å². The zero-order chi connectivity index (χ0) is 10.9. The Morgan fingerprint density at radius 1 is 1.14 bits per heavy atom. The summed E-state index contributed by atoms with van der Waals surface area (Å²) in [6.07, 6.45) is 0.473. The first-order valence-electron chi connectivity index (χ1n) is 3.95. The molecule has 0 nitrogen and oxygen atoms in total. The number of hydrogen-bond acceptors (Lipinski definition) is 0. The van der Waals surface area contributed by atoms with Crippen molar-refractivity contribution in [3.63, 3.8) is 0 Å². The molecule has 0 aromatic carbocycles. The van der Waals surface area contributed by atoms with E-state index in [2.05, 4.69) is 0 Å². The van der Waals surface area contributed by atoms with Gasteiger partial charge in [-0.25, -0.2) is 0 Å². The maximum Gasteiger partial charge on any atom is 0.159 e. The minimum absolute atomic E-state index is 0.324. The summed E-state index contributed by atoms with van der Waals surface area (Å²) in [6.45, 7) is 1.87. The van der Waals surface area contributed by atoms with E-state index in [-0.39, 0.29) is 0 Å². The van der Waals surface area contributed by atoms with E-state index in [9.17, 15) is 0 Å². The highest BCUT2D eigenvalue weighted by Gasteiger charge is 2.73. The molecule has 6 heteroatoms. The lowest BCUT2D eigenvalue weighted by Crippen LogP contribution is -2.45. The molecule has 0 N–H and O–H groups in total. The maximum atomic E-state index is 6.30. The first-order chi connectivity index (χ1) is 6.18. The number of fused-ring (bicyclic) bond motifs is 2. The molecule has 0 spiro atoms. The number of allylic oxidation sites excluding steroid dienone is 2. The van der Waals surface area contributed by atoms with Crippen molar-refractivity contribution in [2.75, 3.05) is 0 Å². The number of rotatable bonds is 0. The molecule has 0 radical (unpaired) electrons. The van der Waals surface area contributed by atoms with Crippen molar-refractivity contribution >= 4 is 69.6 Å². The van der Waals surface area contributed by atoms with Gasteiger partial charge in [-0.3, -0.25) is 0 Å². The van der Waals surface area contributed by atoms with E-state index in [0.29, 0.717) is 16.5 Å². The Hall–Kier alpha value is 1.48. The van der Waals surface area contributed by atoms with Crippen LogP contribution in [0.1, 0.15) is 13.3 Å². The van der Waals surface area contributed by atoms with Crippen molar-refractivity contribution in [1.29, 1.82) is 0 Å². The molecular formula is C8H6Cl6. The normalized spacial score (nSPS) is 50.4. The van der Waals surface area contributed by atoms with E-state index in [1.165, 1.54) is 0 Å². The fraction of sp³-hybridized carbons (Fsp3) is 0.750. The summed E-state index contributed by atoms with van der Waals surface area (Å²) >= 11 is 36.8. The van der Waals surface area contributed by atoms with E-state index in [1.54, 1.807) is 0 Å². The first-order valence-corrected chi connectivity index (χ1v) is 6.27. The lowest BCUT2D eigenvalue weighted by Gasteiger charge is -2.37. The van der Waals surface area contributed by atoms with E-state index >= 15 is 0 Å². The molecule has 0 aromatic rings. The van der Waals surface area contributed by atoms with Gasteiger partial charge in [-0.2, -0.15) is 0 Å². The molecule has 2 aliphatic carbocycles. The Kier molecular flexibility index (Phi) is 2.58. The summed E-state index contributed by atoms with van der Waals surface area (Å²) in [5.41, 5.74) is -0.522. The van der Waals surface area contributed by atoms with Crippen LogP contribution >= 0.6 is 69.6 Å². The van der Waals surface area contributed by atoms with Crippen LogP contribution in [0.25, 0.3) is 0 Å². The van der Waals surface area contributed by atoms with Gasteiger partial charge in [0.25, 0.3) is 0 Å². The molecule has 0 amide bonds. The molecule has 1 fully saturated rings. The van der Waals surface area contributed by atoms with E-state index in [0.717, 1.165) is 0 Å². The van der Waals surface area contributed by atoms with Gasteiger partial charge in [0.1, 0.15) is 4.87 Å². The summed E-state index contributed by atoms with van der Waals surface area (Å²) in [5, 5.41) is 0.266. The van der Waals surface area contributed by atoms with Crippen molar-refractivity contribution < 1.29 is 0 Å². The van der Waals surface area contributed by atoms with Crippen LogP contribution in [0.4, 0.5) is 0 Å². The van der Waals surface area contributed by atoms with Crippen LogP contribution in [0, 0.1) is 5.41 Å². The molecule has 0 heterocycles. The second-order valence-corrected chi connectivity index (χ2v) is 7.23. The fourth-order valence-electron chi connectivity index (χ4n) is 2.15. The number of alkyl halides is 4. The summed E-state index contributed by atoms with van der Waals surface area (Å²) in [6, 6.07) is 0. The number of hydrogen-bond donors (Lipinski definition) is 0. The smallest absolute Gasteiger partial charge is 0.119 e. The van der Waals surface area contributed by atoms with Gasteiger partial charge >= 0.3 is 0 Å². The van der Waals surface area contributed by atoms with Crippen molar-refractivity contribution in [3.05, 3.63) is 10.1 Å². The van der Waals surface area contributed by atoms with Gasteiger partial charge in [0.05, 0.1) is 10.4 Å². The molecule has 2 rings (SSSR count). The molecule has 3 atom stereocenters. The van der Waals surface area contributed by atoms with Gasteiger partial charge in [0, 0.05) is 10.4 Å². The molecule has 2 aliphatic rings. The average molecular weight is 315 g/mol. The third-order valence-electron chi connectivity index (χ3n) is 3.06. The fourth-order valence-corrected chi connectivity index (χ4v) is 4.84. The summed E-state index contributed by atoms with van der Waals surface area (Å²) in [5.74, 6) is 0. The number of halogens is 6. The van der Waals surface area contributed by atoms with Gasteiger partial charge < -0.3 is 0 Å². The largest absolute Gasteiger partial charge is 0.159 e. The van der Waals surface area contributed by atoms with Crippen LogP contribution in [0.5, 0.6) is 0 Å². The van der Waals surface area contributed by atoms with Crippen LogP contribution in [0.3, 0.4) is 0 Å². The van der Waals surface area contributed by atoms with E-state index in [1.807, 2.05) is 6.92 Å². The molecular weight excluding hydrogens is 309 g/mol. The van der Waals surface area contributed by atoms with Crippen LogP contribution in [-0.4, -0.2) is 14.6 Å². The topological polar surface area (TPSA) is 0 Å². The standard InChI is InChI=1S/C8H6Cl6/c1-6-2-7(12,4(10)3(6)9)8(13,14)5(6)11/h5H,2H2,1H3. The predicted octanol–water partition coefficient (Wildman–Crippen LogP) is 4.86. The zero-order valence-electron chi connectivity index (χ0n) is 7.05. The van der Waals surface area contributed by atoms with Crippen LogP contribution in [0.15, 0.2) is 10.1 Å². The van der Waals surface area contributed by atoms with E-state index in [4.69, 9.17) is 69.6 Å². The minimum atomic E-state index is -1.28.